The molecule has 4 rings (SSSR count). The topological polar surface area (TPSA) is 89.3 Å². The number of ether oxygens (including phenoxy) is 1. The van der Waals surface area contributed by atoms with E-state index in [1.54, 1.807) is 37.5 Å². The Kier molecular flexibility index (Phi) is 5.53. The van der Waals surface area contributed by atoms with Crippen molar-refractivity contribution in [3.63, 3.8) is 0 Å². The van der Waals surface area contributed by atoms with Crippen molar-refractivity contribution < 1.29 is 18.4 Å². The predicted octanol–water partition coefficient (Wildman–Crippen LogP) is 4.23. The number of urea groups is 1. The fourth-order valence-corrected chi connectivity index (χ4v) is 3.42. The molecule has 2 unspecified atom stereocenters. The Bertz CT molecular complexity index is 993. The maximum atomic E-state index is 14.0. The van der Waals surface area contributed by atoms with Gasteiger partial charge in [0.15, 0.2) is 11.6 Å². The second-order valence-corrected chi connectivity index (χ2v) is 6.92. The van der Waals surface area contributed by atoms with Crippen molar-refractivity contribution in [2.75, 3.05) is 11.9 Å². The third kappa shape index (κ3) is 4.27. The summed E-state index contributed by atoms with van der Waals surface area (Å²) in [5, 5.41) is 9.53. The van der Waals surface area contributed by atoms with Gasteiger partial charge in [-0.05, 0) is 49.6 Å². The van der Waals surface area contributed by atoms with E-state index in [1.807, 2.05) is 12.1 Å². The van der Waals surface area contributed by atoms with Gasteiger partial charge in [-0.1, -0.05) is 17.3 Å². The highest BCUT2D eigenvalue weighted by atomic mass is 19.1. The highest BCUT2D eigenvalue weighted by molar-refractivity contribution is 5.90. The zero-order chi connectivity index (χ0) is 20.2. The quantitative estimate of drug-likeness (QED) is 0.689. The molecule has 2 aromatic heterocycles. The standard InChI is InChI=1S/C21H21FN4O3/c1-13-19(16-4-2-3-5-17(16)22)29-26-20(13)25-21(27)24-15-8-11-28-18(12-15)14-6-9-23-10-7-14/h2-7,9-10,15,18H,8,11-12H2,1H3,(H2,24,25,26,27). The average molecular weight is 396 g/mol. The van der Waals surface area contributed by atoms with Crippen molar-refractivity contribution in [3.05, 3.63) is 65.7 Å². The van der Waals surface area contributed by atoms with E-state index in [4.69, 9.17) is 9.26 Å². The lowest BCUT2D eigenvalue weighted by molar-refractivity contribution is 0.00249. The van der Waals surface area contributed by atoms with E-state index in [9.17, 15) is 9.18 Å². The molecule has 8 heteroatoms. The van der Waals surface area contributed by atoms with Gasteiger partial charge < -0.3 is 14.6 Å². The predicted molar refractivity (Wildman–Crippen MR) is 105 cm³/mol. The van der Waals surface area contributed by atoms with Gasteiger partial charge in [0.25, 0.3) is 0 Å². The third-order valence-electron chi connectivity index (χ3n) is 4.97. The molecule has 1 saturated heterocycles. The summed E-state index contributed by atoms with van der Waals surface area (Å²) in [4.78, 5) is 16.5. The van der Waals surface area contributed by atoms with Crippen LogP contribution in [0.2, 0.25) is 0 Å². The summed E-state index contributed by atoms with van der Waals surface area (Å²) in [6, 6.07) is 9.67. The van der Waals surface area contributed by atoms with Crippen LogP contribution in [0.25, 0.3) is 11.3 Å². The molecule has 2 amide bonds. The lowest BCUT2D eigenvalue weighted by Crippen LogP contribution is -2.42. The molecule has 7 nitrogen and oxygen atoms in total. The fraction of sp³-hybridized carbons (Fsp3) is 0.286. The van der Waals surface area contributed by atoms with Crippen LogP contribution in [0, 0.1) is 12.7 Å². The molecule has 1 aliphatic heterocycles. The SMILES string of the molecule is Cc1c(NC(=O)NC2CCOC(c3ccncc3)C2)noc1-c1ccccc1F. The van der Waals surface area contributed by atoms with Gasteiger partial charge in [0.2, 0.25) is 0 Å². The molecule has 0 saturated carbocycles. The van der Waals surface area contributed by atoms with Crippen LogP contribution in [0.5, 0.6) is 0 Å². The normalized spacial score (nSPS) is 19.0. The van der Waals surface area contributed by atoms with Crippen molar-refractivity contribution in [1.82, 2.24) is 15.5 Å². The van der Waals surface area contributed by atoms with Gasteiger partial charge in [0.1, 0.15) is 5.82 Å². The lowest BCUT2D eigenvalue weighted by Gasteiger charge is -2.30. The van der Waals surface area contributed by atoms with Gasteiger partial charge in [-0.2, -0.15) is 0 Å². The molecule has 0 bridgehead atoms. The first-order chi connectivity index (χ1) is 14.1. The van der Waals surface area contributed by atoms with Gasteiger partial charge in [0.05, 0.1) is 11.7 Å². The van der Waals surface area contributed by atoms with Crippen molar-refractivity contribution in [2.24, 2.45) is 0 Å². The van der Waals surface area contributed by atoms with E-state index in [2.05, 4.69) is 20.8 Å². The smallest absolute Gasteiger partial charge is 0.320 e. The van der Waals surface area contributed by atoms with Crippen LogP contribution in [-0.4, -0.2) is 28.8 Å². The van der Waals surface area contributed by atoms with E-state index in [0.29, 0.717) is 36.3 Å². The van der Waals surface area contributed by atoms with Gasteiger partial charge in [-0.15, -0.1) is 0 Å². The molecule has 150 valence electrons. The minimum absolute atomic E-state index is 0.0415. The number of nitrogens with zero attached hydrogens (tertiary/aromatic N) is 2. The number of carbonyl (C=O) groups is 1. The Morgan fingerprint density at radius 2 is 2.00 bits per heavy atom. The van der Waals surface area contributed by atoms with Crippen LogP contribution in [0.15, 0.2) is 53.3 Å². The number of nitrogens with one attached hydrogen (secondary N) is 2. The Morgan fingerprint density at radius 1 is 1.21 bits per heavy atom. The van der Waals surface area contributed by atoms with Gasteiger partial charge in [-0.25, -0.2) is 9.18 Å². The molecule has 1 fully saturated rings. The first-order valence-corrected chi connectivity index (χ1v) is 9.42. The Balaban J connectivity index is 1.40. The second kappa shape index (κ2) is 8.40. The van der Waals surface area contributed by atoms with Gasteiger partial charge >= 0.3 is 6.03 Å². The number of aromatic nitrogens is 2. The second-order valence-electron chi connectivity index (χ2n) is 6.92. The summed E-state index contributed by atoms with van der Waals surface area (Å²) in [7, 11) is 0. The zero-order valence-corrected chi connectivity index (χ0v) is 15.9. The molecular weight excluding hydrogens is 375 g/mol. The third-order valence-corrected chi connectivity index (χ3v) is 4.97. The number of carbonyl (C=O) groups excluding carboxylic acids is 1. The number of anilines is 1. The summed E-state index contributed by atoms with van der Waals surface area (Å²) >= 11 is 0. The molecule has 2 atom stereocenters. The zero-order valence-electron chi connectivity index (χ0n) is 15.9. The number of rotatable bonds is 4. The van der Waals surface area contributed by atoms with Crippen molar-refractivity contribution >= 4 is 11.8 Å². The first-order valence-electron chi connectivity index (χ1n) is 9.42. The molecule has 0 aliphatic carbocycles. The molecular formula is C21H21FN4O3. The minimum atomic E-state index is -0.410. The Hall–Kier alpha value is -3.26. The number of hydrogen-bond acceptors (Lipinski definition) is 5. The van der Waals surface area contributed by atoms with E-state index < -0.39 is 5.82 Å². The van der Waals surface area contributed by atoms with Crippen molar-refractivity contribution in [2.45, 2.75) is 31.9 Å². The van der Waals surface area contributed by atoms with Crippen LogP contribution in [0.4, 0.5) is 15.0 Å². The Morgan fingerprint density at radius 3 is 2.79 bits per heavy atom. The van der Waals surface area contributed by atoms with Crippen LogP contribution >= 0.6 is 0 Å². The van der Waals surface area contributed by atoms with E-state index in [-0.39, 0.29) is 24.0 Å². The number of halogens is 1. The molecule has 0 radical (unpaired) electrons. The van der Waals surface area contributed by atoms with Gasteiger partial charge in [0, 0.05) is 30.6 Å². The maximum Gasteiger partial charge on any atom is 0.320 e. The molecule has 1 aromatic carbocycles. The fourth-order valence-electron chi connectivity index (χ4n) is 3.42. The first kappa shape index (κ1) is 19.1. The number of benzene rings is 1. The number of amides is 2. The van der Waals surface area contributed by atoms with Crippen LogP contribution < -0.4 is 10.6 Å². The van der Waals surface area contributed by atoms with Crippen LogP contribution in [0.3, 0.4) is 0 Å². The minimum Gasteiger partial charge on any atom is -0.373 e. The highest BCUT2D eigenvalue weighted by Crippen LogP contribution is 2.30. The molecule has 3 heterocycles. The molecule has 2 N–H and O–H groups in total. The molecule has 0 spiro atoms. The van der Waals surface area contributed by atoms with E-state index >= 15 is 0 Å². The number of pyridine rings is 1. The molecule has 3 aromatic rings. The summed E-state index contributed by atoms with van der Waals surface area (Å²) in [6.45, 7) is 2.28. The summed E-state index contributed by atoms with van der Waals surface area (Å²) in [5.41, 5.74) is 1.90. The average Bonchev–Trinajstić information content (AvgIpc) is 3.09. The highest BCUT2D eigenvalue weighted by Gasteiger charge is 2.26. The van der Waals surface area contributed by atoms with Crippen LogP contribution in [-0.2, 0) is 4.74 Å². The molecule has 29 heavy (non-hydrogen) atoms. The maximum absolute atomic E-state index is 14.0. The van der Waals surface area contributed by atoms with E-state index in [0.717, 1.165) is 5.56 Å². The van der Waals surface area contributed by atoms with E-state index in [1.165, 1.54) is 6.07 Å². The summed E-state index contributed by atoms with van der Waals surface area (Å²) in [6.07, 6.45) is 4.74. The summed E-state index contributed by atoms with van der Waals surface area (Å²) < 4.78 is 25.1. The number of hydrogen-bond donors (Lipinski definition) is 2. The monoisotopic (exact) mass is 396 g/mol. The van der Waals surface area contributed by atoms with Crippen molar-refractivity contribution in [1.29, 1.82) is 0 Å². The largest absolute Gasteiger partial charge is 0.373 e. The summed E-state index contributed by atoms with van der Waals surface area (Å²) in [5.74, 6) is 0.146. The van der Waals surface area contributed by atoms with Gasteiger partial charge in [-0.3, -0.25) is 10.3 Å². The van der Waals surface area contributed by atoms with Crippen molar-refractivity contribution in [3.8, 4) is 11.3 Å². The van der Waals surface area contributed by atoms with Crippen LogP contribution in [0.1, 0.15) is 30.1 Å². The molecule has 1 aliphatic rings. The Labute approximate surface area is 167 Å². The lowest BCUT2D eigenvalue weighted by atomic mass is 9.98.